The number of benzene rings is 2. The average Bonchev–Trinajstić information content (AvgIpc) is 2.52. The van der Waals surface area contributed by atoms with Gasteiger partial charge in [0, 0.05) is 3.57 Å². The van der Waals surface area contributed by atoms with Crippen molar-refractivity contribution in [2.75, 3.05) is 6.54 Å². The van der Waals surface area contributed by atoms with Crippen molar-refractivity contribution < 1.29 is 23.1 Å². The predicted molar refractivity (Wildman–Crippen MR) is 87.9 cm³/mol. The zero-order valence-corrected chi connectivity index (χ0v) is 13.9. The number of rotatable bonds is 4. The van der Waals surface area contributed by atoms with Gasteiger partial charge in [0.2, 0.25) is 5.60 Å². The molecule has 2 aromatic rings. The number of halogens is 4. The first-order chi connectivity index (χ1) is 10.8. The lowest BCUT2D eigenvalue weighted by Crippen LogP contribution is -2.51. The molecule has 1 atom stereocenters. The molecule has 0 aromatic heterocycles. The second-order valence-corrected chi connectivity index (χ2v) is 6.05. The molecule has 1 amide bonds. The Morgan fingerprint density at radius 3 is 2.17 bits per heavy atom. The van der Waals surface area contributed by atoms with Gasteiger partial charge in [0.1, 0.15) is 0 Å². The molecule has 0 fully saturated rings. The minimum Gasteiger partial charge on any atom is -0.375 e. The number of hydrogen-bond acceptors (Lipinski definition) is 2. The van der Waals surface area contributed by atoms with Crippen LogP contribution >= 0.6 is 22.6 Å². The fourth-order valence-corrected chi connectivity index (χ4v) is 2.66. The van der Waals surface area contributed by atoms with Crippen molar-refractivity contribution in [3.05, 3.63) is 69.3 Å². The topological polar surface area (TPSA) is 49.3 Å². The second-order valence-electron chi connectivity index (χ2n) is 4.89. The van der Waals surface area contributed by atoms with Crippen LogP contribution in [0.2, 0.25) is 0 Å². The first-order valence-corrected chi connectivity index (χ1v) is 7.71. The predicted octanol–water partition coefficient (Wildman–Crippen LogP) is 3.47. The van der Waals surface area contributed by atoms with Gasteiger partial charge < -0.3 is 10.4 Å². The molecule has 0 bridgehead atoms. The van der Waals surface area contributed by atoms with Crippen molar-refractivity contribution in [1.82, 2.24) is 5.32 Å². The fraction of sp³-hybridized carbons (Fsp3) is 0.188. The SMILES string of the molecule is O=C(NCC(O)(c1ccccc1)C(F)(F)F)c1ccccc1I. The fourth-order valence-electron chi connectivity index (χ4n) is 2.03. The molecule has 0 spiro atoms. The summed E-state index contributed by atoms with van der Waals surface area (Å²) in [5.74, 6) is -0.673. The number of alkyl halides is 3. The van der Waals surface area contributed by atoms with E-state index in [1.807, 2.05) is 22.6 Å². The Kier molecular flexibility index (Phi) is 5.30. The van der Waals surface area contributed by atoms with Crippen LogP contribution in [-0.4, -0.2) is 23.7 Å². The van der Waals surface area contributed by atoms with Crippen molar-refractivity contribution in [1.29, 1.82) is 0 Å². The summed E-state index contributed by atoms with van der Waals surface area (Å²) in [5, 5.41) is 12.3. The van der Waals surface area contributed by atoms with Crippen LogP contribution in [0.25, 0.3) is 0 Å². The summed E-state index contributed by atoms with van der Waals surface area (Å²) in [6.45, 7) is -0.968. The van der Waals surface area contributed by atoms with Gasteiger partial charge in [-0.05, 0) is 40.3 Å². The van der Waals surface area contributed by atoms with E-state index in [4.69, 9.17) is 0 Å². The summed E-state index contributed by atoms with van der Waals surface area (Å²) in [6, 6.07) is 13.2. The van der Waals surface area contributed by atoms with Crippen LogP contribution in [0.4, 0.5) is 13.2 Å². The molecule has 0 saturated carbocycles. The molecule has 2 aromatic carbocycles. The van der Waals surface area contributed by atoms with E-state index in [0.29, 0.717) is 3.57 Å². The van der Waals surface area contributed by atoms with Gasteiger partial charge in [-0.2, -0.15) is 13.2 Å². The standard InChI is InChI=1S/C16H13F3INO2/c17-16(18,19)15(23,11-6-2-1-3-7-11)10-21-14(22)12-8-4-5-9-13(12)20/h1-9,23H,10H2,(H,21,22). The van der Waals surface area contributed by atoms with E-state index in [9.17, 15) is 23.1 Å². The molecular formula is C16H13F3INO2. The Morgan fingerprint density at radius 2 is 1.61 bits per heavy atom. The summed E-state index contributed by atoms with van der Waals surface area (Å²) >= 11 is 1.92. The number of hydrogen-bond donors (Lipinski definition) is 2. The molecule has 23 heavy (non-hydrogen) atoms. The van der Waals surface area contributed by atoms with Crippen molar-refractivity contribution in [3.8, 4) is 0 Å². The van der Waals surface area contributed by atoms with E-state index in [-0.39, 0.29) is 11.1 Å². The lowest BCUT2D eigenvalue weighted by atomic mass is 9.93. The Balaban J connectivity index is 2.24. The molecule has 0 aliphatic heterocycles. The van der Waals surface area contributed by atoms with Crippen molar-refractivity contribution >= 4 is 28.5 Å². The van der Waals surface area contributed by atoms with Crippen LogP contribution < -0.4 is 5.32 Å². The third-order valence-corrected chi connectivity index (χ3v) is 4.28. The van der Waals surface area contributed by atoms with Gasteiger partial charge in [0.15, 0.2) is 0 Å². The highest BCUT2D eigenvalue weighted by Crippen LogP contribution is 2.38. The zero-order valence-electron chi connectivity index (χ0n) is 11.8. The van der Waals surface area contributed by atoms with E-state index < -0.39 is 24.2 Å². The maximum absolute atomic E-state index is 13.3. The van der Waals surface area contributed by atoms with Gasteiger partial charge in [0.25, 0.3) is 5.91 Å². The van der Waals surface area contributed by atoms with Crippen molar-refractivity contribution in [3.63, 3.8) is 0 Å². The first-order valence-electron chi connectivity index (χ1n) is 6.63. The van der Waals surface area contributed by atoms with Crippen LogP contribution in [0.3, 0.4) is 0 Å². The quantitative estimate of drug-likeness (QED) is 0.723. The van der Waals surface area contributed by atoms with Gasteiger partial charge in [-0.15, -0.1) is 0 Å². The van der Waals surface area contributed by atoms with E-state index in [0.717, 1.165) is 0 Å². The third-order valence-electron chi connectivity index (χ3n) is 3.34. The minimum atomic E-state index is -4.93. The first kappa shape index (κ1) is 17.7. The molecule has 0 aliphatic rings. The Hall–Kier alpha value is -1.61. The Labute approximate surface area is 144 Å². The molecule has 2 N–H and O–H groups in total. The summed E-state index contributed by atoms with van der Waals surface area (Å²) < 4.78 is 40.6. The smallest absolute Gasteiger partial charge is 0.375 e. The number of amides is 1. The van der Waals surface area contributed by atoms with Crippen molar-refractivity contribution in [2.45, 2.75) is 11.8 Å². The molecule has 0 radical (unpaired) electrons. The zero-order chi connectivity index (χ0) is 17.1. The Morgan fingerprint density at radius 1 is 1.04 bits per heavy atom. The number of carbonyl (C=O) groups is 1. The minimum absolute atomic E-state index is 0.255. The van der Waals surface area contributed by atoms with E-state index in [1.54, 1.807) is 24.3 Å². The summed E-state index contributed by atoms with van der Waals surface area (Å²) in [7, 11) is 0. The van der Waals surface area contributed by atoms with Crippen molar-refractivity contribution in [2.24, 2.45) is 0 Å². The van der Waals surface area contributed by atoms with Gasteiger partial charge in [-0.25, -0.2) is 0 Å². The molecule has 1 unspecified atom stereocenters. The second kappa shape index (κ2) is 6.88. The van der Waals surface area contributed by atoms with Gasteiger partial charge >= 0.3 is 6.18 Å². The van der Waals surface area contributed by atoms with Gasteiger partial charge in [-0.3, -0.25) is 4.79 Å². The molecule has 122 valence electrons. The largest absolute Gasteiger partial charge is 0.423 e. The van der Waals surface area contributed by atoms with Crippen LogP contribution in [0.15, 0.2) is 54.6 Å². The molecule has 0 heterocycles. The highest BCUT2D eigenvalue weighted by atomic mass is 127. The number of nitrogens with one attached hydrogen (secondary N) is 1. The van der Waals surface area contributed by atoms with Gasteiger partial charge in [-0.1, -0.05) is 42.5 Å². The van der Waals surface area contributed by atoms with E-state index >= 15 is 0 Å². The Bertz CT molecular complexity index is 691. The van der Waals surface area contributed by atoms with Gasteiger partial charge in [0.05, 0.1) is 12.1 Å². The molecule has 0 aliphatic carbocycles. The van der Waals surface area contributed by atoms with Crippen LogP contribution in [0.5, 0.6) is 0 Å². The molecule has 2 rings (SSSR count). The van der Waals surface area contributed by atoms with Crippen LogP contribution in [0.1, 0.15) is 15.9 Å². The molecule has 7 heteroatoms. The van der Waals surface area contributed by atoms with E-state index in [2.05, 4.69) is 5.32 Å². The average molecular weight is 435 g/mol. The third kappa shape index (κ3) is 3.84. The lowest BCUT2D eigenvalue weighted by molar-refractivity contribution is -0.263. The monoisotopic (exact) mass is 435 g/mol. The number of aliphatic hydroxyl groups is 1. The summed E-state index contributed by atoms with van der Waals surface area (Å²) in [4.78, 5) is 12.1. The van der Waals surface area contributed by atoms with E-state index in [1.165, 1.54) is 30.3 Å². The maximum atomic E-state index is 13.3. The normalized spacial score (nSPS) is 14.1. The number of carbonyl (C=O) groups excluding carboxylic acids is 1. The summed E-state index contributed by atoms with van der Waals surface area (Å²) in [5.41, 5.74) is -3.22. The lowest BCUT2D eigenvalue weighted by Gasteiger charge is -2.31. The van der Waals surface area contributed by atoms with Crippen LogP contribution in [-0.2, 0) is 5.60 Å². The van der Waals surface area contributed by atoms with Crippen LogP contribution in [0, 0.1) is 3.57 Å². The molecule has 3 nitrogen and oxygen atoms in total. The molecular weight excluding hydrogens is 422 g/mol. The molecule has 0 saturated heterocycles. The summed E-state index contributed by atoms with van der Waals surface area (Å²) in [6.07, 6.45) is -4.93. The maximum Gasteiger partial charge on any atom is 0.423 e. The highest BCUT2D eigenvalue weighted by molar-refractivity contribution is 14.1. The highest BCUT2D eigenvalue weighted by Gasteiger charge is 2.55.